The van der Waals surface area contributed by atoms with Gasteiger partial charge >= 0.3 is 0 Å². The standard InChI is InChI=1S/C16H23N3O4S/c20-24(21,18-7-9-22-10-8-18)19-13-4-5-14(19)12-15(11-13)23-16-3-1-2-6-17-16/h1-3,6,13-15H,4-5,7-12H2. The van der Waals surface area contributed by atoms with Crippen LogP contribution in [0.1, 0.15) is 25.7 Å². The molecule has 4 heterocycles. The molecule has 2 atom stereocenters. The van der Waals surface area contributed by atoms with Crippen molar-refractivity contribution >= 4 is 10.2 Å². The summed E-state index contributed by atoms with van der Waals surface area (Å²) in [5, 5.41) is 0. The molecule has 2 bridgehead atoms. The number of rotatable bonds is 4. The molecule has 1 aromatic rings. The average Bonchev–Trinajstić information content (AvgIpc) is 2.89. The van der Waals surface area contributed by atoms with Gasteiger partial charge in [-0.3, -0.25) is 0 Å². The van der Waals surface area contributed by atoms with Crippen LogP contribution < -0.4 is 4.74 Å². The summed E-state index contributed by atoms with van der Waals surface area (Å²) in [7, 11) is -3.40. The molecule has 3 aliphatic rings. The van der Waals surface area contributed by atoms with E-state index >= 15 is 0 Å². The minimum atomic E-state index is -3.40. The van der Waals surface area contributed by atoms with Crippen LogP contribution in [0.25, 0.3) is 0 Å². The van der Waals surface area contributed by atoms with Gasteiger partial charge in [0.05, 0.1) is 13.2 Å². The maximum absolute atomic E-state index is 13.0. The second-order valence-electron chi connectivity index (χ2n) is 6.61. The molecule has 24 heavy (non-hydrogen) atoms. The van der Waals surface area contributed by atoms with E-state index in [2.05, 4.69) is 4.98 Å². The molecular weight excluding hydrogens is 330 g/mol. The van der Waals surface area contributed by atoms with Crippen molar-refractivity contribution in [3.05, 3.63) is 24.4 Å². The largest absolute Gasteiger partial charge is 0.474 e. The zero-order chi connectivity index (χ0) is 16.6. The number of nitrogens with zero attached hydrogens (tertiary/aromatic N) is 3. The SMILES string of the molecule is O=S(=O)(N1CCOCC1)N1C2CCC1CC(Oc1ccccn1)C2. The number of hydrogen-bond donors (Lipinski definition) is 0. The van der Waals surface area contributed by atoms with E-state index in [0.29, 0.717) is 32.2 Å². The van der Waals surface area contributed by atoms with Gasteiger partial charge < -0.3 is 9.47 Å². The Morgan fingerprint density at radius 3 is 2.46 bits per heavy atom. The van der Waals surface area contributed by atoms with E-state index in [4.69, 9.17) is 9.47 Å². The van der Waals surface area contributed by atoms with Crippen LogP contribution in [0.3, 0.4) is 0 Å². The topological polar surface area (TPSA) is 72.0 Å². The number of pyridine rings is 1. The third-order valence-electron chi connectivity index (χ3n) is 5.11. The number of aromatic nitrogens is 1. The van der Waals surface area contributed by atoms with Gasteiger partial charge in [-0.2, -0.15) is 17.0 Å². The quantitative estimate of drug-likeness (QED) is 0.809. The summed E-state index contributed by atoms with van der Waals surface area (Å²) in [4.78, 5) is 4.21. The monoisotopic (exact) mass is 353 g/mol. The summed E-state index contributed by atoms with van der Waals surface area (Å²) in [6.45, 7) is 1.86. The highest BCUT2D eigenvalue weighted by molar-refractivity contribution is 7.86. The highest BCUT2D eigenvalue weighted by Crippen LogP contribution is 2.39. The molecule has 2 unspecified atom stereocenters. The van der Waals surface area contributed by atoms with Crippen molar-refractivity contribution in [1.82, 2.24) is 13.6 Å². The zero-order valence-electron chi connectivity index (χ0n) is 13.6. The van der Waals surface area contributed by atoms with Crippen molar-refractivity contribution in [3.8, 4) is 5.88 Å². The van der Waals surface area contributed by atoms with Crippen LogP contribution in [0.4, 0.5) is 0 Å². The van der Waals surface area contributed by atoms with E-state index in [1.165, 1.54) is 0 Å². The summed E-state index contributed by atoms with van der Waals surface area (Å²) < 4.78 is 40.6. The fraction of sp³-hybridized carbons (Fsp3) is 0.688. The molecule has 4 rings (SSSR count). The van der Waals surface area contributed by atoms with Crippen LogP contribution in [-0.4, -0.2) is 66.5 Å². The minimum Gasteiger partial charge on any atom is -0.474 e. The summed E-state index contributed by atoms with van der Waals surface area (Å²) in [6, 6.07) is 5.66. The van der Waals surface area contributed by atoms with Gasteiger partial charge in [0.25, 0.3) is 10.2 Å². The Morgan fingerprint density at radius 2 is 1.83 bits per heavy atom. The third kappa shape index (κ3) is 3.03. The Labute approximate surface area is 142 Å². The normalized spacial score (nSPS) is 31.9. The van der Waals surface area contributed by atoms with Gasteiger partial charge in [0.15, 0.2) is 0 Å². The fourth-order valence-electron chi connectivity index (χ4n) is 4.06. The smallest absolute Gasteiger partial charge is 0.282 e. The lowest BCUT2D eigenvalue weighted by molar-refractivity contribution is 0.0599. The van der Waals surface area contributed by atoms with Crippen molar-refractivity contribution in [1.29, 1.82) is 0 Å². The number of hydrogen-bond acceptors (Lipinski definition) is 5. The molecule has 7 nitrogen and oxygen atoms in total. The number of morpholine rings is 1. The molecule has 0 aromatic carbocycles. The molecule has 132 valence electrons. The van der Waals surface area contributed by atoms with Crippen molar-refractivity contribution < 1.29 is 17.9 Å². The highest BCUT2D eigenvalue weighted by atomic mass is 32.2. The molecule has 0 saturated carbocycles. The van der Waals surface area contributed by atoms with Gasteiger partial charge in [-0.25, -0.2) is 4.98 Å². The number of ether oxygens (including phenoxy) is 2. The van der Waals surface area contributed by atoms with E-state index in [0.717, 1.165) is 25.7 Å². The molecule has 3 saturated heterocycles. The summed E-state index contributed by atoms with van der Waals surface area (Å²) in [6.07, 6.45) is 5.04. The van der Waals surface area contributed by atoms with Gasteiger partial charge in [0.2, 0.25) is 5.88 Å². The first kappa shape index (κ1) is 16.3. The maximum atomic E-state index is 13.0. The van der Waals surface area contributed by atoms with Crippen molar-refractivity contribution in [2.24, 2.45) is 0 Å². The van der Waals surface area contributed by atoms with E-state index in [-0.39, 0.29) is 18.2 Å². The van der Waals surface area contributed by atoms with Gasteiger partial charge in [-0.15, -0.1) is 0 Å². The van der Waals surface area contributed by atoms with Crippen LogP contribution in [0, 0.1) is 0 Å². The maximum Gasteiger partial charge on any atom is 0.282 e. The Morgan fingerprint density at radius 1 is 1.12 bits per heavy atom. The Kier molecular flexibility index (Phi) is 4.46. The molecule has 8 heteroatoms. The Bertz CT molecular complexity index is 649. The zero-order valence-corrected chi connectivity index (χ0v) is 14.4. The Hall–Kier alpha value is -1.22. The molecule has 0 radical (unpaired) electrons. The van der Waals surface area contributed by atoms with E-state index in [1.807, 2.05) is 18.2 Å². The average molecular weight is 353 g/mol. The van der Waals surface area contributed by atoms with Crippen molar-refractivity contribution in [3.63, 3.8) is 0 Å². The third-order valence-corrected chi connectivity index (χ3v) is 7.26. The fourth-order valence-corrected chi connectivity index (χ4v) is 6.07. The molecule has 0 spiro atoms. The highest BCUT2D eigenvalue weighted by Gasteiger charge is 2.49. The predicted molar refractivity (Wildman–Crippen MR) is 87.8 cm³/mol. The van der Waals surface area contributed by atoms with E-state index < -0.39 is 10.2 Å². The second-order valence-corrected chi connectivity index (χ2v) is 8.45. The lowest BCUT2D eigenvalue weighted by atomic mass is 10.0. The lowest BCUT2D eigenvalue weighted by Gasteiger charge is -2.40. The van der Waals surface area contributed by atoms with E-state index in [9.17, 15) is 8.42 Å². The predicted octanol–water partition coefficient (Wildman–Crippen LogP) is 1.03. The van der Waals surface area contributed by atoms with Gasteiger partial charge in [-0.05, 0) is 18.9 Å². The summed E-state index contributed by atoms with van der Waals surface area (Å²) in [5.41, 5.74) is 0. The van der Waals surface area contributed by atoms with Crippen LogP contribution in [0.15, 0.2) is 24.4 Å². The molecule has 1 aromatic heterocycles. The van der Waals surface area contributed by atoms with Gasteiger partial charge in [0.1, 0.15) is 6.10 Å². The first-order valence-electron chi connectivity index (χ1n) is 8.58. The number of fused-ring (bicyclic) bond motifs is 2. The van der Waals surface area contributed by atoms with Gasteiger partial charge in [-0.1, -0.05) is 6.07 Å². The Balaban J connectivity index is 1.47. The molecule has 3 fully saturated rings. The first-order chi connectivity index (χ1) is 11.6. The summed E-state index contributed by atoms with van der Waals surface area (Å²) >= 11 is 0. The van der Waals surface area contributed by atoms with Crippen LogP contribution >= 0.6 is 0 Å². The lowest BCUT2D eigenvalue weighted by Crippen LogP contribution is -2.56. The van der Waals surface area contributed by atoms with E-state index in [1.54, 1.807) is 14.8 Å². The summed E-state index contributed by atoms with van der Waals surface area (Å²) in [5.74, 6) is 0.617. The van der Waals surface area contributed by atoms with Crippen molar-refractivity contribution in [2.75, 3.05) is 26.3 Å². The molecule has 0 N–H and O–H groups in total. The van der Waals surface area contributed by atoms with Crippen LogP contribution in [-0.2, 0) is 14.9 Å². The molecule has 0 aliphatic carbocycles. The molecule has 0 amide bonds. The van der Waals surface area contributed by atoms with Crippen LogP contribution in [0.5, 0.6) is 5.88 Å². The minimum absolute atomic E-state index is 0.0327. The molecule has 3 aliphatic heterocycles. The van der Waals surface area contributed by atoms with Gasteiger partial charge in [0, 0.05) is 50.3 Å². The van der Waals surface area contributed by atoms with Crippen LogP contribution in [0.2, 0.25) is 0 Å². The number of piperidine rings is 1. The first-order valence-corrected chi connectivity index (χ1v) is 9.98. The molecular formula is C16H23N3O4S. The van der Waals surface area contributed by atoms with Crippen molar-refractivity contribution in [2.45, 2.75) is 43.9 Å². The second kappa shape index (κ2) is 6.59.